The number of nitrogens with one attached hydrogen (secondary N) is 1. The van der Waals surface area contributed by atoms with Crippen LogP contribution in [0.2, 0.25) is 0 Å². The van der Waals surface area contributed by atoms with Crippen LogP contribution in [0, 0.1) is 5.92 Å². The molecule has 1 unspecified atom stereocenters. The minimum atomic E-state index is -0.259. The first kappa shape index (κ1) is 15.2. The molecule has 2 rings (SSSR count). The molecule has 20 heavy (non-hydrogen) atoms. The van der Waals surface area contributed by atoms with Gasteiger partial charge >= 0.3 is 0 Å². The summed E-state index contributed by atoms with van der Waals surface area (Å²) in [6, 6.07) is 2.01. The first-order valence-corrected chi connectivity index (χ1v) is 7.58. The Bertz CT molecular complexity index is 461. The van der Waals surface area contributed by atoms with Crippen molar-refractivity contribution in [1.29, 1.82) is 0 Å². The fourth-order valence-electron chi connectivity index (χ4n) is 2.06. The fraction of sp³-hybridized carbons (Fsp3) is 0.750. The molecule has 1 aliphatic carbocycles. The van der Waals surface area contributed by atoms with Crippen LogP contribution in [-0.4, -0.2) is 27.7 Å². The van der Waals surface area contributed by atoms with E-state index in [0.717, 1.165) is 30.2 Å². The summed E-state index contributed by atoms with van der Waals surface area (Å²) in [5, 5.41) is 13.2. The van der Waals surface area contributed by atoms with Crippen molar-refractivity contribution in [2.45, 2.75) is 64.9 Å². The number of hydrogen-bond donors (Lipinski definition) is 2. The molecule has 0 amide bonds. The quantitative estimate of drug-likeness (QED) is 0.868. The SMILES string of the molecule is CC(C)c1nc(NCC(O)C2CC2)cc(C(C)(C)C)n1. The van der Waals surface area contributed by atoms with E-state index in [4.69, 9.17) is 0 Å². The fourth-order valence-corrected chi connectivity index (χ4v) is 2.06. The van der Waals surface area contributed by atoms with Gasteiger partial charge in [-0.15, -0.1) is 0 Å². The molecule has 1 fully saturated rings. The highest BCUT2D eigenvalue weighted by molar-refractivity contribution is 5.38. The van der Waals surface area contributed by atoms with Crippen LogP contribution in [0.25, 0.3) is 0 Å². The van der Waals surface area contributed by atoms with Crippen LogP contribution in [0.15, 0.2) is 6.07 Å². The smallest absolute Gasteiger partial charge is 0.133 e. The normalized spacial score (nSPS) is 17.4. The van der Waals surface area contributed by atoms with E-state index in [2.05, 4.69) is 49.9 Å². The van der Waals surface area contributed by atoms with Crippen LogP contribution in [0.1, 0.15) is 64.9 Å². The highest BCUT2D eigenvalue weighted by Crippen LogP contribution is 2.32. The molecular formula is C16H27N3O. The average Bonchev–Trinajstić information content (AvgIpc) is 3.18. The molecule has 1 heterocycles. The van der Waals surface area contributed by atoms with Crippen LogP contribution in [-0.2, 0) is 5.41 Å². The van der Waals surface area contributed by atoms with Crippen molar-refractivity contribution < 1.29 is 5.11 Å². The molecular weight excluding hydrogens is 250 g/mol. The third-order valence-electron chi connectivity index (χ3n) is 3.69. The molecule has 1 aromatic heterocycles. The number of aliphatic hydroxyl groups excluding tert-OH is 1. The molecule has 112 valence electrons. The maximum absolute atomic E-state index is 9.95. The van der Waals surface area contributed by atoms with Gasteiger partial charge in [-0.2, -0.15) is 0 Å². The Morgan fingerprint density at radius 2 is 1.95 bits per heavy atom. The van der Waals surface area contributed by atoms with E-state index in [-0.39, 0.29) is 11.5 Å². The predicted octanol–water partition coefficient (Wildman–Crippen LogP) is 3.08. The molecule has 2 N–H and O–H groups in total. The lowest BCUT2D eigenvalue weighted by Gasteiger charge is -2.21. The van der Waals surface area contributed by atoms with Crippen LogP contribution >= 0.6 is 0 Å². The van der Waals surface area contributed by atoms with Gasteiger partial charge in [-0.1, -0.05) is 34.6 Å². The van der Waals surface area contributed by atoms with Gasteiger partial charge in [-0.3, -0.25) is 0 Å². The highest BCUT2D eigenvalue weighted by Gasteiger charge is 2.29. The zero-order valence-corrected chi connectivity index (χ0v) is 13.3. The Morgan fingerprint density at radius 1 is 1.30 bits per heavy atom. The summed E-state index contributed by atoms with van der Waals surface area (Å²) in [6.07, 6.45) is 2.04. The summed E-state index contributed by atoms with van der Waals surface area (Å²) < 4.78 is 0. The van der Waals surface area contributed by atoms with Crippen LogP contribution in [0.4, 0.5) is 5.82 Å². The number of nitrogens with zero attached hydrogens (tertiary/aromatic N) is 2. The zero-order chi connectivity index (χ0) is 14.9. The second-order valence-electron chi connectivity index (χ2n) is 7.19. The predicted molar refractivity (Wildman–Crippen MR) is 82.0 cm³/mol. The Kier molecular flexibility index (Phi) is 4.33. The molecule has 1 atom stereocenters. The number of anilines is 1. The van der Waals surface area contributed by atoms with Gasteiger partial charge < -0.3 is 10.4 Å². The number of aromatic nitrogens is 2. The molecule has 0 aromatic carbocycles. The van der Waals surface area contributed by atoms with Crippen LogP contribution in [0.3, 0.4) is 0 Å². The van der Waals surface area contributed by atoms with Crippen molar-refractivity contribution >= 4 is 5.82 Å². The molecule has 4 nitrogen and oxygen atoms in total. The zero-order valence-electron chi connectivity index (χ0n) is 13.3. The second-order valence-corrected chi connectivity index (χ2v) is 7.19. The van der Waals surface area contributed by atoms with Crippen molar-refractivity contribution in [1.82, 2.24) is 9.97 Å². The standard InChI is InChI=1S/C16H27N3O/c1-10(2)15-18-13(16(3,4)5)8-14(19-15)17-9-12(20)11-6-7-11/h8,10-12,20H,6-7,9H2,1-5H3,(H,17,18,19). The van der Waals surface area contributed by atoms with Gasteiger partial charge in [0.1, 0.15) is 11.6 Å². The molecule has 1 saturated carbocycles. The lowest BCUT2D eigenvalue weighted by atomic mass is 9.91. The third-order valence-corrected chi connectivity index (χ3v) is 3.69. The Hall–Kier alpha value is -1.16. The summed E-state index contributed by atoms with van der Waals surface area (Å²) in [5.41, 5.74) is 1.04. The second kappa shape index (κ2) is 5.68. The van der Waals surface area contributed by atoms with E-state index in [1.165, 1.54) is 0 Å². The topological polar surface area (TPSA) is 58.0 Å². The maximum Gasteiger partial charge on any atom is 0.133 e. The number of rotatable bonds is 5. The lowest BCUT2D eigenvalue weighted by Crippen LogP contribution is -2.23. The Morgan fingerprint density at radius 3 is 2.45 bits per heavy atom. The minimum Gasteiger partial charge on any atom is -0.391 e. The summed E-state index contributed by atoms with van der Waals surface area (Å²) in [5.74, 6) is 2.47. The number of aliphatic hydroxyl groups is 1. The van der Waals surface area contributed by atoms with E-state index in [0.29, 0.717) is 18.4 Å². The van der Waals surface area contributed by atoms with E-state index in [9.17, 15) is 5.11 Å². The Labute approximate surface area is 122 Å². The van der Waals surface area contributed by atoms with Gasteiger partial charge in [-0.05, 0) is 18.8 Å². The monoisotopic (exact) mass is 277 g/mol. The van der Waals surface area contributed by atoms with Crippen LogP contribution in [0.5, 0.6) is 0 Å². The van der Waals surface area contributed by atoms with Gasteiger partial charge in [-0.25, -0.2) is 9.97 Å². The van der Waals surface area contributed by atoms with Gasteiger partial charge in [0.05, 0.1) is 11.8 Å². The average molecular weight is 277 g/mol. The molecule has 1 aromatic rings. The third kappa shape index (κ3) is 3.92. The largest absolute Gasteiger partial charge is 0.391 e. The van der Waals surface area contributed by atoms with Crippen molar-refractivity contribution in [3.63, 3.8) is 0 Å². The minimum absolute atomic E-state index is 0.00187. The molecule has 0 saturated heterocycles. The van der Waals surface area contributed by atoms with Crippen molar-refractivity contribution in [2.24, 2.45) is 5.92 Å². The molecule has 1 aliphatic rings. The number of hydrogen-bond acceptors (Lipinski definition) is 4. The maximum atomic E-state index is 9.95. The van der Waals surface area contributed by atoms with E-state index < -0.39 is 0 Å². The highest BCUT2D eigenvalue weighted by atomic mass is 16.3. The van der Waals surface area contributed by atoms with Gasteiger partial charge in [0.2, 0.25) is 0 Å². The summed E-state index contributed by atoms with van der Waals surface area (Å²) >= 11 is 0. The summed E-state index contributed by atoms with van der Waals surface area (Å²) in [7, 11) is 0. The molecule has 0 radical (unpaired) electrons. The van der Waals surface area contributed by atoms with Gasteiger partial charge in [0.25, 0.3) is 0 Å². The van der Waals surface area contributed by atoms with Crippen molar-refractivity contribution in [3.05, 3.63) is 17.6 Å². The van der Waals surface area contributed by atoms with E-state index in [1.807, 2.05) is 6.07 Å². The first-order chi connectivity index (χ1) is 9.27. The lowest BCUT2D eigenvalue weighted by molar-refractivity contribution is 0.164. The molecule has 0 bridgehead atoms. The molecule has 4 heteroatoms. The van der Waals surface area contributed by atoms with Gasteiger partial charge in [0.15, 0.2) is 0 Å². The molecule has 0 spiro atoms. The first-order valence-electron chi connectivity index (χ1n) is 7.58. The van der Waals surface area contributed by atoms with E-state index in [1.54, 1.807) is 0 Å². The summed E-state index contributed by atoms with van der Waals surface area (Å²) in [6.45, 7) is 11.2. The Balaban J connectivity index is 2.15. The van der Waals surface area contributed by atoms with Gasteiger partial charge in [0, 0.05) is 23.9 Å². The molecule has 0 aliphatic heterocycles. The van der Waals surface area contributed by atoms with Crippen LogP contribution < -0.4 is 5.32 Å². The van der Waals surface area contributed by atoms with Crippen molar-refractivity contribution in [2.75, 3.05) is 11.9 Å². The van der Waals surface area contributed by atoms with E-state index >= 15 is 0 Å². The summed E-state index contributed by atoms with van der Waals surface area (Å²) in [4.78, 5) is 9.23. The van der Waals surface area contributed by atoms with Crippen molar-refractivity contribution in [3.8, 4) is 0 Å².